The van der Waals surface area contributed by atoms with Crippen LogP contribution in [0.25, 0.3) is 10.9 Å². The second-order valence-electron chi connectivity index (χ2n) is 11.3. The molecule has 1 fully saturated rings. The average Bonchev–Trinajstić information content (AvgIpc) is 3.23. The maximum Gasteiger partial charge on any atom is 0.421 e. The first-order chi connectivity index (χ1) is 15.7. The number of fused-ring (bicyclic) bond motifs is 1. The molecule has 1 aliphatic rings. The number of ether oxygens (including phenoxy) is 1. The molecule has 0 radical (unpaired) electrons. The SMILES string of the molecule is CC(C)(C)OC(=O)N1CC(C)(C)N(Cc2ccc3[nH]cc(CCN(C=O)OC(C)(C)C)c3c2)S1. The summed E-state index contributed by atoms with van der Waals surface area (Å²) in [5, 5.41) is 2.49. The Labute approximate surface area is 207 Å². The zero-order valence-corrected chi connectivity index (χ0v) is 22.4. The number of aromatic amines is 1. The first kappa shape index (κ1) is 26.4. The number of aromatic nitrogens is 1. The van der Waals surface area contributed by atoms with Gasteiger partial charge in [0.2, 0.25) is 6.41 Å². The van der Waals surface area contributed by atoms with Crippen LogP contribution in [0.3, 0.4) is 0 Å². The minimum Gasteiger partial charge on any atom is -0.443 e. The number of carbonyl (C=O) groups excluding carboxylic acids is 2. The van der Waals surface area contributed by atoms with Crippen LogP contribution in [0.4, 0.5) is 4.79 Å². The van der Waals surface area contributed by atoms with Crippen molar-refractivity contribution in [2.75, 3.05) is 13.1 Å². The first-order valence-corrected chi connectivity index (χ1v) is 12.4. The van der Waals surface area contributed by atoms with Gasteiger partial charge < -0.3 is 9.72 Å². The number of benzene rings is 1. The summed E-state index contributed by atoms with van der Waals surface area (Å²) < 4.78 is 9.47. The van der Waals surface area contributed by atoms with Gasteiger partial charge in [0.15, 0.2) is 0 Å². The van der Waals surface area contributed by atoms with E-state index in [0.717, 1.165) is 28.4 Å². The fourth-order valence-electron chi connectivity index (χ4n) is 3.74. The Kier molecular flexibility index (Phi) is 7.60. The number of nitrogens with zero attached hydrogens (tertiary/aromatic N) is 3. The van der Waals surface area contributed by atoms with Gasteiger partial charge in [0.25, 0.3) is 0 Å². The predicted molar refractivity (Wildman–Crippen MR) is 136 cm³/mol. The lowest BCUT2D eigenvalue weighted by molar-refractivity contribution is -0.215. The van der Waals surface area contributed by atoms with E-state index in [-0.39, 0.29) is 11.6 Å². The second kappa shape index (κ2) is 9.79. The third-order valence-corrected chi connectivity index (χ3v) is 6.56. The first-order valence-electron chi connectivity index (χ1n) is 11.6. The molecule has 188 valence electrons. The van der Waals surface area contributed by atoms with Crippen molar-refractivity contribution in [3.63, 3.8) is 0 Å². The molecule has 1 aliphatic heterocycles. The molecule has 3 rings (SSSR count). The van der Waals surface area contributed by atoms with E-state index in [2.05, 4.69) is 41.3 Å². The predicted octanol–water partition coefficient (Wildman–Crippen LogP) is 5.29. The molecule has 0 spiro atoms. The minimum absolute atomic E-state index is 0.202. The largest absolute Gasteiger partial charge is 0.443 e. The van der Waals surface area contributed by atoms with E-state index < -0.39 is 11.2 Å². The van der Waals surface area contributed by atoms with Crippen LogP contribution in [0.5, 0.6) is 0 Å². The lowest BCUT2D eigenvalue weighted by atomic mass is 10.0. The number of rotatable bonds is 7. The summed E-state index contributed by atoms with van der Waals surface area (Å²) in [6, 6.07) is 6.37. The van der Waals surface area contributed by atoms with Gasteiger partial charge in [-0.05, 0) is 85.1 Å². The molecule has 2 aromatic rings. The van der Waals surface area contributed by atoms with Crippen molar-refractivity contribution in [3.8, 4) is 0 Å². The average molecular weight is 491 g/mol. The fraction of sp³-hybridized carbons (Fsp3) is 0.600. The van der Waals surface area contributed by atoms with Gasteiger partial charge in [0.05, 0.1) is 18.7 Å². The van der Waals surface area contributed by atoms with Crippen LogP contribution in [0, 0.1) is 0 Å². The van der Waals surface area contributed by atoms with Crippen molar-refractivity contribution in [3.05, 3.63) is 35.5 Å². The highest BCUT2D eigenvalue weighted by Crippen LogP contribution is 2.38. The summed E-state index contributed by atoms with van der Waals surface area (Å²) in [6.07, 6.45) is 3.09. The quantitative estimate of drug-likeness (QED) is 0.323. The molecule has 0 aliphatic carbocycles. The van der Waals surface area contributed by atoms with E-state index in [4.69, 9.17) is 9.57 Å². The van der Waals surface area contributed by atoms with Crippen molar-refractivity contribution >= 4 is 35.5 Å². The Morgan fingerprint density at radius 3 is 2.53 bits per heavy atom. The molecule has 8 nitrogen and oxygen atoms in total. The molecule has 34 heavy (non-hydrogen) atoms. The Morgan fingerprint density at radius 2 is 1.91 bits per heavy atom. The summed E-state index contributed by atoms with van der Waals surface area (Å²) in [5.41, 5.74) is 2.18. The fourth-order valence-corrected chi connectivity index (χ4v) is 4.94. The number of nitrogens with one attached hydrogen (secondary N) is 1. The van der Waals surface area contributed by atoms with E-state index >= 15 is 0 Å². The number of hydrogen-bond donors (Lipinski definition) is 1. The molecule has 1 saturated heterocycles. The van der Waals surface area contributed by atoms with Crippen LogP contribution < -0.4 is 0 Å². The van der Waals surface area contributed by atoms with Gasteiger partial charge in [0, 0.05) is 41.3 Å². The third-order valence-electron chi connectivity index (χ3n) is 5.27. The van der Waals surface area contributed by atoms with Crippen LogP contribution in [0.2, 0.25) is 0 Å². The van der Waals surface area contributed by atoms with Gasteiger partial charge in [0.1, 0.15) is 5.60 Å². The van der Waals surface area contributed by atoms with Gasteiger partial charge >= 0.3 is 6.09 Å². The van der Waals surface area contributed by atoms with E-state index in [0.29, 0.717) is 26.1 Å². The number of hydroxylamine groups is 2. The molecule has 0 unspecified atom stereocenters. The van der Waals surface area contributed by atoms with Crippen molar-refractivity contribution < 1.29 is 19.2 Å². The molecule has 0 saturated carbocycles. The molecule has 2 heterocycles. The van der Waals surface area contributed by atoms with Crippen molar-refractivity contribution in [1.82, 2.24) is 18.7 Å². The van der Waals surface area contributed by atoms with Crippen LogP contribution in [-0.4, -0.2) is 61.0 Å². The highest BCUT2D eigenvalue weighted by molar-refractivity contribution is 7.95. The number of carbonyl (C=O) groups is 2. The summed E-state index contributed by atoms with van der Waals surface area (Å²) in [4.78, 5) is 33.0. The zero-order chi connectivity index (χ0) is 25.3. The van der Waals surface area contributed by atoms with Gasteiger partial charge in [-0.2, -0.15) is 0 Å². The van der Waals surface area contributed by atoms with E-state index in [1.54, 1.807) is 4.31 Å². The molecule has 9 heteroatoms. The van der Waals surface area contributed by atoms with Gasteiger partial charge in [-0.15, -0.1) is 0 Å². The molecule has 1 aromatic carbocycles. The maximum atomic E-state index is 12.6. The van der Waals surface area contributed by atoms with Crippen LogP contribution >= 0.6 is 12.1 Å². The topological polar surface area (TPSA) is 78.1 Å². The Hall–Kier alpha value is -2.23. The maximum absolute atomic E-state index is 12.6. The van der Waals surface area contributed by atoms with Crippen LogP contribution in [-0.2, 0) is 27.3 Å². The van der Waals surface area contributed by atoms with Gasteiger partial charge in [-0.3, -0.25) is 9.63 Å². The van der Waals surface area contributed by atoms with Gasteiger partial charge in [-0.25, -0.2) is 18.5 Å². The molecule has 2 amide bonds. The highest BCUT2D eigenvalue weighted by atomic mass is 32.2. The summed E-state index contributed by atoms with van der Waals surface area (Å²) in [7, 11) is 0. The van der Waals surface area contributed by atoms with Crippen molar-refractivity contribution in [1.29, 1.82) is 0 Å². The molecule has 0 bridgehead atoms. The Morgan fingerprint density at radius 1 is 1.21 bits per heavy atom. The van der Waals surface area contributed by atoms with Crippen molar-refractivity contribution in [2.45, 2.75) is 85.1 Å². The molecular weight excluding hydrogens is 452 g/mol. The lowest BCUT2D eigenvalue weighted by Gasteiger charge is -2.27. The number of H-pyrrole nitrogens is 1. The monoisotopic (exact) mass is 490 g/mol. The zero-order valence-electron chi connectivity index (χ0n) is 21.6. The Balaban J connectivity index is 1.71. The van der Waals surface area contributed by atoms with Gasteiger partial charge in [-0.1, -0.05) is 6.07 Å². The van der Waals surface area contributed by atoms with E-state index in [9.17, 15) is 9.59 Å². The lowest BCUT2D eigenvalue weighted by Crippen LogP contribution is -2.39. The minimum atomic E-state index is -0.526. The number of amides is 2. The van der Waals surface area contributed by atoms with Crippen molar-refractivity contribution in [2.24, 2.45) is 0 Å². The third kappa shape index (κ3) is 6.90. The van der Waals surface area contributed by atoms with E-state index in [1.807, 2.05) is 47.7 Å². The molecule has 1 N–H and O–H groups in total. The normalized spacial score (nSPS) is 16.8. The Bertz CT molecular complexity index is 1020. The smallest absolute Gasteiger partial charge is 0.421 e. The summed E-state index contributed by atoms with van der Waals surface area (Å²) in [5.74, 6) is 0. The molecule has 1 aromatic heterocycles. The van der Waals surface area contributed by atoms with Crippen LogP contribution in [0.1, 0.15) is 66.5 Å². The van der Waals surface area contributed by atoms with Crippen LogP contribution in [0.15, 0.2) is 24.4 Å². The second-order valence-corrected chi connectivity index (χ2v) is 12.4. The summed E-state index contributed by atoms with van der Waals surface area (Å²) in [6.45, 7) is 17.4. The van der Waals surface area contributed by atoms with E-state index in [1.165, 1.54) is 17.2 Å². The molecule has 0 atom stereocenters. The standard InChI is InChI=1S/C25H38N4O4S/c1-23(2,3)32-22(31)28-16-25(7,8)29(34-28)15-18-9-10-21-20(13-18)19(14-26-21)11-12-27(17-30)33-24(4,5)6/h9-10,13-14,17,26H,11-12,15-16H2,1-8H3. The molecular formula is C25H38N4O4S. The summed E-state index contributed by atoms with van der Waals surface area (Å²) >= 11 is 1.42. The highest BCUT2D eigenvalue weighted by Gasteiger charge is 2.42. The number of hydrogen-bond acceptors (Lipinski definition) is 6.